The highest BCUT2D eigenvalue weighted by atomic mass is 15.3. The Labute approximate surface area is 137 Å². The molecule has 1 aromatic carbocycles. The topological polar surface area (TPSA) is 92.9 Å². The summed E-state index contributed by atoms with van der Waals surface area (Å²) in [6.07, 6.45) is 1.70. The van der Waals surface area contributed by atoms with E-state index in [-0.39, 0.29) is 5.95 Å². The molecule has 0 unspecified atom stereocenters. The first-order chi connectivity index (χ1) is 11.7. The lowest BCUT2D eigenvalue weighted by Gasteiger charge is -2.06. The van der Waals surface area contributed by atoms with Crippen LogP contribution in [-0.2, 0) is 0 Å². The third-order valence-corrected chi connectivity index (χ3v) is 3.77. The first-order valence-electron chi connectivity index (χ1n) is 7.33. The minimum Gasteiger partial charge on any atom is -0.366 e. The number of rotatable bonds is 2. The quantitative estimate of drug-likeness (QED) is 0.614. The van der Waals surface area contributed by atoms with Crippen LogP contribution in [0.3, 0.4) is 0 Å². The number of pyridine rings is 2. The van der Waals surface area contributed by atoms with E-state index < -0.39 is 0 Å². The Morgan fingerprint density at radius 3 is 2.38 bits per heavy atom. The smallest absolute Gasteiger partial charge is 0.240 e. The number of nitrogens with two attached hydrogens (primary N) is 1. The van der Waals surface area contributed by atoms with Crippen LogP contribution in [0.25, 0.3) is 28.0 Å². The third-order valence-electron chi connectivity index (χ3n) is 3.77. The van der Waals surface area contributed by atoms with E-state index in [0.717, 1.165) is 22.4 Å². The number of hydrogen-bond donors (Lipinski definition) is 1. The molecule has 0 aliphatic rings. The Bertz CT molecular complexity index is 1060. The number of hydrogen-bond acceptors (Lipinski definition) is 5. The Morgan fingerprint density at radius 2 is 1.67 bits per heavy atom. The minimum atomic E-state index is 0.253. The fourth-order valence-corrected chi connectivity index (χ4v) is 2.60. The van der Waals surface area contributed by atoms with E-state index >= 15 is 0 Å². The Morgan fingerprint density at radius 1 is 0.917 bits per heavy atom. The Hall–Kier alpha value is -3.72. The average Bonchev–Trinajstić information content (AvgIpc) is 3.02. The molecule has 0 saturated carbocycles. The van der Waals surface area contributed by atoms with Crippen molar-refractivity contribution in [3.63, 3.8) is 0 Å². The fraction of sp³-hybridized carbons (Fsp3) is 0. The summed E-state index contributed by atoms with van der Waals surface area (Å²) in [6.45, 7) is 0. The van der Waals surface area contributed by atoms with E-state index in [1.165, 1.54) is 0 Å². The molecule has 4 aromatic rings. The lowest BCUT2D eigenvalue weighted by Crippen LogP contribution is -1.94. The highest BCUT2D eigenvalue weighted by Crippen LogP contribution is 2.25. The molecule has 0 spiro atoms. The molecule has 114 valence electrons. The van der Waals surface area contributed by atoms with Crippen LogP contribution < -0.4 is 5.73 Å². The molecular weight excluding hydrogens is 300 g/mol. The summed E-state index contributed by atoms with van der Waals surface area (Å²) in [4.78, 5) is 8.28. The van der Waals surface area contributed by atoms with Crippen LogP contribution in [0.4, 0.5) is 5.95 Å². The Kier molecular flexibility index (Phi) is 3.18. The molecule has 2 N–H and O–H groups in total. The van der Waals surface area contributed by atoms with Gasteiger partial charge in [0.25, 0.3) is 0 Å². The van der Waals surface area contributed by atoms with Crippen molar-refractivity contribution in [1.29, 1.82) is 5.26 Å². The fourth-order valence-electron chi connectivity index (χ4n) is 2.60. The lowest BCUT2D eigenvalue weighted by molar-refractivity contribution is 0.976. The molecule has 0 bridgehead atoms. The standard InChI is InChI=1S/C18H12N6/c19-10-15-9-8-14(11-21-15)12-4-6-13(7-5-12)16-2-1-3-17-22-18(20)23-24(16)17/h1-9,11H,(H2,20,23). The van der Waals surface area contributed by atoms with Crippen LogP contribution in [0.15, 0.2) is 60.8 Å². The molecule has 0 aliphatic heterocycles. The van der Waals surface area contributed by atoms with Gasteiger partial charge in [0.1, 0.15) is 11.8 Å². The van der Waals surface area contributed by atoms with Gasteiger partial charge in [-0.2, -0.15) is 10.2 Å². The zero-order chi connectivity index (χ0) is 16.5. The molecular formula is C18H12N6. The molecule has 0 atom stereocenters. The van der Waals surface area contributed by atoms with E-state index in [1.807, 2.05) is 54.6 Å². The minimum absolute atomic E-state index is 0.253. The molecule has 3 heterocycles. The van der Waals surface area contributed by atoms with E-state index in [4.69, 9.17) is 11.0 Å². The second-order valence-electron chi connectivity index (χ2n) is 5.27. The maximum Gasteiger partial charge on any atom is 0.240 e. The van der Waals surface area contributed by atoms with Crippen LogP contribution in [0, 0.1) is 11.3 Å². The van der Waals surface area contributed by atoms with Gasteiger partial charge in [-0.25, -0.2) is 9.50 Å². The maximum atomic E-state index is 8.82. The number of anilines is 1. The van der Waals surface area contributed by atoms with Crippen molar-refractivity contribution in [2.75, 3.05) is 5.73 Å². The number of nitriles is 1. The van der Waals surface area contributed by atoms with Gasteiger partial charge >= 0.3 is 0 Å². The van der Waals surface area contributed by atoms with Gasteiger partial charge in [-0.1, -0.05) is 30.3 Å². The number of fused-ring (bicyclic) bond motifs is 1. The van der Waals surface area contributed by atoms with Crippen molar-refractivity contribution in [2.45, 2.75) is 0 Å². The van der Waals surface area contributed by atoms with Gasteiger partial charge in [0.05, 0.1) is 5.69 Å². The first-order valence-corrected chi connectivity index (χ1v) is 7.33. The zero-order valence-corrected chi connectivity index (χ0v) is 12.6. The normalized spacial score (nSPS) is 10.6. The number of aromatic nitrogens is 4. The molecule has 0 fully saturated rings. The van der Waals surface area contributed by atoms with E-state index in [1.54, 1.807) is 16.8 Å². The molecule has 3 aromatic heterocycles. The molecule has 0 radical (unpaired) electrons. The van der Waals surface area contributed by atoms with Crippen molar-refractivity contribution >= 4 is 11.6 Å². The molecule has 0 saturated heterocycles. The second-order valence-corrected chi connectivity index (χ2v) is 5.27. The summed E-state index contributed by atoms with van der Waals surface area (Å²) >= 11 is 0. The van der Waals surface area contributed by atoms with Crippen LogP contribution in [0.1, 0.15) is 5.69 Å². The summed E-state index contributed by atoms with van der Waals surface area (Å²) in [5, 5.41) is 13.0. The van der Waals surface area contributed by atoms with Gasteiger partial charge < -0.3 is 5.73 Å². The monoisotopic (exact) mass is 312 g/mol. The number of nitrogen functional groups attached to an aromatic ring is 1. The largest absolute Gasteiger partial charge is 0.366 e. The van der Waals surface area contributed by atoms with E-state index in [0.29, 0.717) is 11.3 Å². The predicted molar refractivity (Wildman–Crippen MR) is 90.8 cm³/mol. The molecule has 6 nitrogen and oxygen atoms in total. The van der Waals surface area contributed by atoms with Crippen LogP contribution in [0.2, 0.25) is 0 Å². The summed E-state index contributed by atoms with van der Waals surface area (Å²) in [6, 6.07) is 19.4. The van der Waals surface area contributed by atoms with Crippen molar-refractivity contribution < 1.29 is 0 Å². The van der Waals surface area contributed by atoms with Gasteiger partial charge in [0.2, 0.25) is 5.95 Å². The summed E-state index contributed by atoms with van der Waals surface area (Å²) in [5.41, 5.74) is 10.7. The molecule has 24 heavy (non-hydrogen) atoms. The van der Waals surface area contributed by atoms with Crippen molar-refractivity contribution in [3.05, 3.63) is 66.5 Å². The highest BCUT2D eigenvalue weighted by Gasteiger charge is 2.07. The highest BCUT2D eigenvalue weighted by molar-refractivity contribution is 5.69. The van der Waals surface area contributed by atoms with E-state index in [2.05, 4.69) is 15.1 Å². The molecule has 0 amide bonds. The van der Waals surface area contributed by atoms with Crippen LogP contribution in [-0.4, -0.2) is 19.6 Å². The summed E-state index contributed by atoms with van der Waals surface area (Å²) < 4.78 is 1.73. The second kappa shape index (κ2) is 5.48. The average molecular weight is 312 g/mol. The summed E-state index contributed by atoms with van der Waals surface area (Å²) in [5.74, 6) is 0.253. The SMILES string of the molecule is N#Cc1ccc(-c2ccc(-c3cccc4nc(N)nn34)cc2)cn1. The van der Waals surface area contributed by atoms with E-state index in [9.17, 15) is 0 Å². The first kappa shape index (κ1) is 13.9. The van der Waals surface area contributed by atoms with Gasteiger partial charge in [0, 0.05) is 17.3 Å². The van der Waals surface area contributed by atoms with Crippen LogP contribution >= 0.6 is 0 Å². The van der Waals surface area contributed by atoms with Gasteiger partial charge in [-0.3, -0.25) is 0 Å². The van der Waals surface area contributed by atoms with Gasteiger partial charge in [0.15, 0.2) is 5.65 Å². The Balaban J connectivity index is 1.74. The predicted octanol–water partition coefficient (Wildman–Crippen LogP) is 2.91. The third kappa shape index (κ3) is 2.34. The number of nitrogens with zero attached hydrogens (tertiary/aromatic N) is 5. The van der Waals surface area contributed by atoms with Gasteiger partial charge in [-0.15, -0.1) is 5.10 Å². The van der Waals surface area contributed by atoms with Gasteiger partial charge in [-0.05, 0) is 29.8 Å². The zero-order valence-electron chi connectivity index (χ0n) is 12.6. The summed E-state index contributed by atoms with van der Waals surface area (Å²) in [7, 11) is 0. The molecule has 4 rings (SSSR count). The van der Waals surface area contributed by atoms with Crippen molar-refractivity contribution in [2.24, 2.45) is 0 Å². The lowest BCUT2D eigenvalue weighted by atomic mass is 10.0. The molecule has 6 heteroatoms. The number of benzene rings is 1. The van der Waals surface area contributed by atoms with Crippen molar-refractivity contribution in [3.8, 4) is 28.5 Å². The maximum absolute atomic E-state index is 8.82. The van der Waals surface area contributed by atoms with Crippen LogP contribution in [0.5, 0.6) is 0 Å². The molecule has 0 aliphatic carbocycles. The van der Waals surface area contributed by atoms with Crippen molar-refractivity contribution in [1.82, 2.24) is 19.6 Å².